The number of hydrogen-bond acceptors (Lipinski definition) is 2. The van der Waals surface area contributed by atoms with Gasteiger partial charge in [-0.25, -0.2) is 8.78 Å². The molecular weight excluding hydrogens is 276 g/mol. The van der Waals surface area contributed by atoms with Gasteiger partial charge in [0.2, 0.25) is 0 Å². The first kappa shape index (κ1) is 13.3. The number of aryl methyl sites for hydroxylation is 1. The number of nitrogens with one attached hydrogen (secondary N) is 1. The molecule has 1 heterocycles. The van der Waals surface area contributed by atoms with Gasteiger partial charge in [0, 0.05) is 12.1 Å². The molecule has 18 heavy (non-hydrogen) atoms. The fourth-order valence-electron chi connectivity index (χ4n) is 1.62. The van der Waals surface area contributed by atoms with Crippen molar-refractivity contribution in [2.75, 3.05) is 5.32 Å². The van der Waals surface area contributed by atoms with Crippen molar-refractivity contribution < 1.29 is 8.78 Å². The summed E-state index contributed by atoms with van der Waals surface area (Å²) >= 11 is 7.25. The second-order valence-corrected chi connectivity index (χ2v) is 5.67. The van der Waals surface area contributed by atoms with E-state index in [1.54, 1.807) is 0 Å². The summed E-state index contributed by atoms with van der Waals surface area (Å²) in [6.45, 7) is 3.40. The van der Waals surface area contributed by atoms with E-state index < -0.39 is 11.6 Å². The number of hydrogen-bond donors (Lipinski definition) is 1. The maximum atomic E-state index is 13.7. The average molecular weight is 288 g/mol. The van der Waals surface area contributed by atoms with Gasteiger partial charge < -0.3 is 5.32 Å². The van der Waals surface area contributed by atoms with E-state index in [4.69, 9.17) is 11.6 Å². The number of rotatable bonds is 3. The summed E-state index contributed by atoms with van der Waals surface area (Å²) < 4.78 is 27.7. The first-order valence-electron chi connectivity index (χ1n) is 5.43. The molecule has 0 fully saturated rings. The van der Waals surface area contributed by atoms with Gasteiger partial charge in [-0.3, -0.25) is 0 Å². The monoisotopic (exact) mass is 287 g/mol. The average Bonchev–Trinajstić information content (AvgIpc) is 2.73. The second-order valence-electron chi connectivity index (χ2n) is 4.13. The summed E-state index contributed by atoms with van der Waals surface area (Å²) in [4.78, 5) is 0. The van der Waals surface area contributed by atoms with Gasteiger partial charge >= 0.3 is 0 Å². The highest BCUT2D eigenvalue weighted by atomic mass is 35.5. The third-order valence-electron chi connectivity index (χ3n) is 2.71. The Morgan fingerprint density at radius 3 is 2.56 bits per heavy atom. The van der Waals surface area contributed by atoms with Gasteiger partial charge in [0.15, 0.2) is 0 Å². The van der Waals surface area contributed by atoms with Crippen LogP contribution in [0.5, 0.6) is 0 Å². The van der Waals surface area contributed by atoms with Gasteiger partial charge in [0.25, 0.3) is 0 Å². The van der Waals surface area contributed by atoms with Crippen molar-refractivity contribution in [1.82, 2.24) is 0 Å². The van der Waals surface area contributed by atoms with Gasteiger partial charge in [0.05, 0.1) is 10.0 Å². The Morgan fingerprint density at radius 2 is 1.94 bits per heavy atom. The first-order valence-corrected chi connectivity index (χ1v) is 6.69. The van der Waals surface area contributed by atoms with Crippen molar-refractivity contribution in [3.05, 3.63) is 50.7 Å². The standard InChI is InChI=1S/C13H12ClF2NS/c1-7-3-11(16)12(5-10(7)15)17-8(2)9-4-13(14)18-6-9/h3-6,8,17H,1-2H3. The molecule has 0 aliphatic carbocycles. The molecule has 5 heteroatoms. The van der Waals surface area contributed by atoms with Crippen LogP contribution in [-0.4, -0.2) is 0 Å². The number of anilines is 1. The number of benzene rings is 1. The van der Waals surface area contributed by atoms with Crippen LogP contribution in [0.1, 0.15) is 24.1 Å². The van der Waals surface area contributed by atoms with E-state index in [0.29, 0.717) is 9.90 Å². The lowest BCUT2D eigenvalue weighted by molar-refractivity contribution is 0.593. The zero-order chi connectivity index (χ0) is 13.3. The minimum Gasteiger partial charge on any atom is -0.376 e. The predicted octanol–water partition coefficient (Wildman–Crippen LogP) is 5.16. The lowest BCUT2D eigenvalue weighted by atomic mass is 10.1. The van der Waals surface area contributed by atoms with Crippen LogP contribution in [0.2, 0.25) is 4.34 Å². The van der Waals surface area contributed by atoms with Crippen molar-refractivity contribution in [1.29, 1.82) is 0 Å². The van der Waals surface area contributed by atoms with E-state index in [-0.39, 0.29) is 11.7 Å². The molecule has 1 aromatic carbocycles. The van der Waals surface area contributed by atoms with E-state index >= 15 is 0 Å². The SMILES string of the molecule is Cc1cc(F)c(NC(C)c2csc(Cl)c2)cc1F. The van der Waals surface area contributed by atoms with Gasteiger partial charge in [-0.05, 0) is 42.5 Å². The molecule has 2 aromatic rings. The zero-order valence-corrected chi connectivity index (χ0v) is 11.5. The van der Waals surface area contributed by atoms with Gasteiger partial charge in [-0.1, -0.05) is 11.6 Å². The number of thiophene rings is 1. The highest BCUT2D eigenvalue weighted by Gasteiger charge is 2.12. The third kappa shape index (κ3) is 2.82. The first-order chi connectivity index (χ1) is 8.47. The molecule has 0 amide bonds. The molecule has 0 radical (unpaired) electrons. The molecule has 1 aromatic heterocycles. The fourth-order valence-corrected chi connectivity index (χ4v) is 2.61. The third-order valence-corrected chi connectivity index (χ3v) is 3.82. The molecule has 2 rings (SSSR count). The molecule has 1 atom stereocenters. The van der Waals surface area contributed by atoms with Crippen LogP contribution in [-0.2, 0) is 0 Å². The highest BCUT2D eigenvalue weighted by molar-refractivity contribution is 7.14. The van der Waals surface area contributed by atoms with Crippen molar-refractivity contribution in [3.8, 4) is 0 Å². The lowest BCUT2D eigenvalue weighted by Gasteiger charge is -2.15. The molecule has 1 unspecified atom stereocenters. The topological polar surface area (TPSA) is 12.0 Å². The molecule has 0 bridgehead atoms. The summed E-state index contributed by atoms with van der Waals surface area (Å²) in [7, 11) is 0. The second kappa shape index (κ2) is 5.24. The molecule has 0 aliphatic heterocycles. The van der Waals surface area contributed by atoms with Crippen molar-refractivity contribution in [3.63, 3.8) is 0 Å². The highest BCUT2D eigenvalue weighted by Crippen LogP contribution is 2.28. The van der Waals surface area contributed by atoms with Crippen LogP contribution < -0.4 is 5.32 Å². The van der Waals surface area contributed by atoms with Gasteiger partial charge in [-0.15, -0.1) is 11.3 Å². The maximum absolute atomic E-state index is 13.7. The Morgan fingerprint density at radius 1 is 1.22 bits per heavy atom. The van der Waals surface area contributed by atoms with E-state index in [0.717, 1.165) is 5.56 Å². The smallest absolute Gasteiger partial charge is 0.146 e. The van der Waals surface area contributed by atoms with E-state index in [1.807, 2.05) is 18.4 Å². The lowest BCUT2D eigenvalue weighted by Crippen LogP contribution is -2.07. The van der Waals surface area contributed by atoms with Gasteiger partial charge in [0.1, 0.15) is 11.6 Å². The van der Waals surface area contributed by atoms with Gasteiger partial charge in [-0.2, -0.15) is 0 Å². The Hall–Kier alpha value is -1.13. The summed E-state index contributed by atoms with van der Waals surface area (Å²) in [5.74, 6) is -0.878. The minimum atomic E-state index is -0.456. The van der Waals surface area contributed by atoms with E-state index in [1.165, 1.54) is 30.4 Å². The molecule has 1 nitrogen and oxygen atoms in total. The molecular formula is C13H12ClF2NS. The Balaban J connectivity index is 2.21. The fraction of sp³-hybridized carbons (Fsp3) is 0.231. The molecule has 0 saturated heterocycles. The zero-order valence-electron chi connectivity index (χ0n) is 9.93. The summed E-state index contributed by atoms with van der Waals surface area (Å²) in [6.07, 6.45) is 0. The summed E-state index contributed by atoms with van der Waals surface area (Å²) in [5.41, 5.74) is 1.41. The molecule has 0 saturated carbocycles. The Labute approximate surface area is 113 Å². The van der Waals surface area contributed by atoms with Crippen LogP contribution in [0.15, 0.2) is 23.6 Å². The molecule has 96 valence electrons. The maximum Gasteiger partial charge on any atom is 0.146 e. The van der Waals surface area contributed by atoms with Crippen LogP contribution in [0.3, 0.4) is 0 Å². The molecule has 0 spiro atoms. The van der Waals surface area contributed by atoms with Crippen molar-refractivity contribution in [2.24, 2.45) is 0 Å². The minimum absolute atomic E-state index is 0.134. The van der Waals surface area contributed by atoms with E-state index in [9.17, 15) is 8.78 Å². The number of halogens is 3. The van der Waals surface area contributed by atoms with Crippen LogP contribution in [0.25, 0.3) is 0 Å². The van der Waals surface area contributed by atoms with Crippen LogP contribution >= 0.6 is 22.9 Å². The predicted molar refractivity (Wildman–Crippen MR) is 72.5 cm³/mol. The summed E-state index contributed by atoms with van der Waals surface area (Å²) in [6, 6.07) is 4.04. The Kier molecular flexibility index (Phi) is 3.88. The largest absolute Gasteiger partial charge is 0.376 e. The normalized spacial score (nSPS) is 12.5. The van der Waals surface area contributed by atoms with Crippen LogP contribution in [0, 0.1) is 18.6 Å². The van der Waals surface area contributed by atoms with Crippen LogP contribution in [0.4, 0.5) is 14.5 Å². The quantitative estimate of drug-likeness (QED) is 0.822. The van der Waals surface area contributed by atoms with Crippen molar-refractivity contribution >= 4 is 28.6 Å². The Bertz CT molecular complexity index is 568. The summed E-state index contributed by atoms with van der Waals surface area (Å²) in [5, 5.41) is 4.83. The molecule has 0 aliphatic rings. The van der Waals surface area contributed by atoms with E-state index in [2.05, 4.69) is 5.32 Å². The molecule has 1 N–H and O–H groups in total. The van der Waals surface area contributed by atoms with Crippen molar-refractivity contribution in [2.45, 2.75) is 19.9 Å².